The SMILES string of the molecule is CN(C)c1nc(N)nc(Oc2ccc([N+](=O)[O-])c(Cl)c2)n1. The molecule has 1 heterocycles. The summed E-state index contributed by atoms with van der Waals surface area (Å²) in [6.07, 6.45) is 0. The van der Waals surface area contributed by atoms with Crippen molar-refractivity contribution in [1.29, 1.82) is 0 Å². The molecule has 0 atom stereocenters. The molecule has 0 spiro atoms. The van der Waals surface area contributed by atoms with E-state index in [-0.39, 0.29) is 28.4 Å². The molecule has 1 aromatic carbocycles. The predicted octanol–water partition coefficient (Wildman–Crippen LogP) is 1.87. The molecule has 2 rings (SSSR count). The number of nitro benzene ring substituents is 1. The first-order valence-corrected chi connectivity index (χ1v) is 6.05. The van der Waals surface area contributed by atoms with Gasteiger partial charge in [0.15, 0.2) is 0 Å². The zero-order chi connectivity index (χ0) is 15.6. The van der Waals surface area contributed by atoms with E-state index in [0.29, 0.717) is 5.95 Å². The molecule has 2 N–H and O–H groups in total. The van der Waals surface area contributed by atoms with Crippen LogP contribution in [-0.4, -0.2) is 34.0 Å². The van der Waals surface area contributed by atoms with E-state index in [1.165, 1.54) is 18.2 Å². The topological polar surface area (TPSA) is 120 Å². The first-order valence-electron chi connectivity index (χ1n) is 5.67. The van der Waals surface area contributed by atoms with Gasteiger partial charge in [0, 0.05) is 26.2 Å². The average molecular weight is 311 g/mol. The van der Waals surface area contributed by atoms with Crippen molar-refractivity contribution in [2.45, 2.75) is 0 Å². The van der Waals surface area contributed by atoms with Gasteiger partial charge in [0.05, 0.1) is 4.92 Å². The molecule has 0 aliphatic carbocycles. The number of hydrogen-bond acceptors (Lipinski definition) is 8. The van der Waals surface area contributed by atoms with Crippen LogP contribution in [0.5, 0.6) is 11.8 Å². The van der Waals surface area contributed by atoms with Crippen LogP contribution in [0.1, 0.15) is 0 Å². The van der Waals surface area contributed by atoms with Gasteiger partial charge in [-0.3, -0.25) is 10.1 Å². The Morgan fingerprint density at radius 1 is 1.33 bits per heavy atom. The Balaban J connectivity index is 2.30. The predicted molar refractivity (Wildman–Crippen MR) is 76.7 cm³/mol. The van der Waals surface area contributed by atoms with Gasteiger partial charge < -0.3 is 15.4 Å². The van der Waals surface area contributed by atoms with Crippen molar-refractivity contribution < 1.29 is 9.66 Å². The van der Waals surface area contributed by atoms with Crippen LogP contribution in [0.25, 0.3) is 0 Å². The normalized spacial score (nSPS) is 10.2. The third-order valence-electron chi connectivity index (χ3n) is 2.35. The van der Waals surface area contributed by atoms with Crippen LogP contribution in [0.4, 0.5) is 17.6 Å². The maximum Gasteiger partial charge on any atom is 0.328 e. The second-order valence-electron chi connectivity index (χ2n) is 4.14. The van der Waals surface area contributed by atoms with Crippen LogP contribution in [0.15, 0.2) is 18.2 Å². The van der Waals surface area contributed by atoms with E-state index in [1.54, 1.807) is 19.0 Å². The van der Waals surface area contributed by atoms with Crippen LogP contribution in [0.3, 0.4) is 0 Å². The minimum Gasteiger partial charge on any atom is -0.424 e. The fraction of sp³-hybridized carbons (Fsp3) is 0.182. The van der Waals surface area contributed by atoms with Crippen molar-refractivity contribution in [3.63, 3.8) is 0 Å². The highest BCUT2D eigenvalue weighted by molar-refractivity contribution is 6.32. The maximum absolute atomic E-state index is 10.7. The van der Waals surface area contributed by atoms with Gasteiger partial charge in [-0.2, -0.15) is 15.0 Å². The number of rotatable bonds is 4. The molecule has 0 fully saturated rings. The highest BCUT2D eigenvalue weighted by atomic mass is 35.5. The molecule has 2 aromatic rings. The third kappa shape index (κ3) is 3.45. The standard InChI is InChI=1S/C11H11ClN6O3/c1-17(2)10-14-9(13)15-11(16-10)21-6-3-4-8(18(19)20)7(12)5-6/h3-5H,1-2H3,(H2,13,14,15,16). The Morgan fingerprint density at radius 2 is 2.05 bits per heavy atom. The lowest BCUT2D eigenvalue weighted by atomic mass is 10.3. The maximum atomic E-state index is 10.7. The highest BCUT2D eigenvalue weighted by Crippen LogP contribution is 2.30. The highest BCUT2D eigenvalue weighted by Gasteiger charge is 2.14. The molecule has 110 valence electrons. The Kier molecular flexibility index (Phi) is 4.03. The lowest BCUT2D eigenvalue weighted by molar-refractivity contribution is -0.384. The largest absolute Gasteiger partial charge is 0.424 e. The summed E-state index contributed by atoms with van der Waals surface area (Å²) in [6, 6.07) is 3.89. The molecule has 0 bridgehead atoms. The first kappa shape index (κ1) is 14.7. The van der Waals surface area contributed by atoms with Gasteiger partial charge in [0.2, 0.25) is 11.9 Å². The van der Waals surface area contributed by atoms with E-state index in [4.69, 9.17) is 22.1 Å². The van der Waals surface area contributed by atoms with E-state index in [0.717, 1.165) is 0 Å². The van der Waals surface area contributed by atoms with E-state index < -0.39 is 4.92 Å². The molecule has 9 nitrogen and oxygen atoms in total. The summed E-state index contributed by atoms with van der Waals surface area (Å²) in [5, 5.41) is 10.6. The van der Waals surface area contributed by atoms with E-state index >= 15 is 0 Å². The molecule has 0 saturated carbocycles. The number of nitrogens with two attached hydrogens (primary N) is 1. The number of hydrogen-bond donors (Lipinski definition) is 1. The summed E-state index contributed by atoms with van der Waals surface area (Å²) in [6.45, 7) is 0. The zero-order valence-corrected chi connectivity index (χ0v) is 11.9. The number of nitro groups is 1. The second-order valence-corrected chi connectivity index (χ2v) is 4.55. The summed E-state index contributed by atoms with van der Waals surface area (Å²) in [7, 11) is 3.47. The van der Waals surface area contributed by atoms with E-state index in [1.807, 2.05) is 0 Å². The zero-order valence-electron chi connectivity index (χ0n) is 11.1. The third-order valence-corrected chi connectivity index (χ3v) is 2.65. The van der Waals surface area contributed by atoms with Gasteiger partial charge >= 0.3 is 6.01 Å². The quantitative estimate of drug-likeness (QED) is 0.671. The molecule has 0 saturated heterocycles. The number of benzene rings is 1. The molecular formula is C11H11ClN6O3. The number of halogens is 1. The monoisotopic (exact) mass is 310 g/mol. The fourth-order valence-electron chi connectivity index (χ4n) is 1.41. The Hall–Kier alpha value is -2.68. The van der Waals surface area contributed by atoms with Crippen LogP contribution in [-0.2, 0) is 0 Å². The molecule has 0 aliphatic rings. The fourth-order valence-corrected chi connectivity index (χ4v) is 1.65. The lowest BCUT2D eigenvalue weighted by Crippen LogP contribution is -2.15. The molecule has 0 amide bonds. The molecule has 0 aliphatic heterocycles. The number of aromatic nitrogens is 3. The van der Waals surface area contributed by atoms with Crippen molar-refractivity contribution in [3.8, 4) is 11.8 Å². The van der Waals surface area contributed by atoms with Crippen molar-refractivity contribution in [2.24, 2.45) is 0 Å². The number of nitrogen functional groups attached to an aromatic ring is 1. The molecule has 0 unspecified atom stereocenters. The van der Waals surface area contributed by atoms with Gasteiger partial charge in [0.25, 0.3) is 5.69 Å². The molecule has 0 radical (unpaired) electrons. The molecule has 10 heteroatoms. The Labute approximate surface area is 124 Å². The summed E-state index contributed by atoms with van der Waals surface area (Å²) in [5.41, 5.74) is 5.35. The Bertz CT molecular complexity index is 694. The average Bonchev–Trinajstić information content (AvgIpc) is 2.37. The number of ether oxygens (including phenoxy) is 1. The van der Waals surface area contributed by atoms with Crippen LogP contribution in [0.2, 0.25) is 5.02 Å². The van der Waals surface area contributed by atoms with Crippen LogP contribution < -0.4 is 15.4 Å². The van der Waals surface area contributed by atoms with Gasteiger partial charge in [-0.25, -0.2) is 0 Å². The van der Waals surface area contributed by atoms with Gasteiger partial charge in [-0.15, -0.1) is 0 Å². The van der Waals surface area contributed by atoms with Crippen LogP contribution in [0, 0.1) is 10.1 Å². The van der Waals surface area contributed by atoms with Crippen molar-refractivity contribution in [3.05, 3.63) is 33.3 Å². The number of anilines is 2. The van der Waals surface area contributed by atoms with E-state index in [2.05, 4.69) is 15.0 Å². The first-order chi connectivity index (χ1) is 9.86. The lowest BCUT2D eigenvalue weighted by Gasteiger charge is -2.11. The van der Waals surface area contributed by atoms with Gasteiger partial charge in [-0.05, 0) is 6.07 Å². The van der Waals surface area contributed by atoms with Gasteiger partial charge in [-0.1, -0.05) is 11.6 Å². The summed E-state index contributed by atoms with van der Waals surface area (Å²) in [5.74, 6) is 0.572. The molecule has 21 heavy (non-hydrogen) atoms. The summed E-state index contributed by atoms with van der Waals surface area (Å²) < 4.78 is 5.39. The minimum absolute atomic E-state index is 0.00305. The number of nitrogens with zero attached hydrogens (tertiary/aromatic N) is 5. The van der Waals surface area contributed by atoms with Crippen molar-refractivity contribution >= 4 is 29.2 Å². The van der Waals surface area contributed by atoms with Crippen molar-refractivity contribution in [2.75, 3.05) is 24.7 Å². The van der Waals surface area contributed by atoms with Crippen molar-refractivity contribution in [1.82, 2.24) is 15.0 Å². The smallest absolute Gasteiger partial charge is 0.328 e. The molecular weight excluding hydrogens is 300 g/mol. The molecule has 1 aromatic heterocycles. The summed E-state index contributed by atoms with van der Waals surface area (Å²) >= 11 is 5.80. The van der Waals surface area contributed by atoms with Crippen LogP contribution >= 0.6 is 11.6 Å². The Morgan fingerprint density at radius 3 is 2.62 bits per heavy atom. The van der Waals surface area contributed by atoms with Gasteiger partial charge in [0.1, 0.15) is 10.8 Å². The second kappa shape index (κ2) is 5.75. The summed E-state index contributed by atoms with van der Waals surface area (Å²) in [4.78, 5) is 23.5. The van der Waals surface area contributed by atoms with E-state index in [9.17, 15) is 10.1 Å². The minimum atomic E-state index is -0.586.